The van der Waals surface area contributed by atoms with Crippen molar-refractivity contribution in [2.45, 2.75) is 46.1 Å². The van der Waals surface area contributed by atoms with Gasteiger partial charge < -0.3 is 5.32 Å². The fourth-order valence-corrected chi connectivity index (χ4v) is 2.00. The summed E-state index contributed by atoms with van der Waals surface area (Å²) in [5, 5.41) is 12.5. The second kappa shape index (κ2) is 7.23. The molecular formula is C14H20ClN3. The van der Waals surface area contributed by atoms with Gasteiger partial charge in [-0.25, -0.2) is 4.98 Å². The van der Waals surface area contributed by atoms with E-state index in [1.54, 1.807) is 12.1 Å². The Morgan fingerprint density at radius 3 is 2.67 bits per heavy atom. The van der Waals surface area contributed by atoms with Gasteiger partial charge in [0.15, 0.2) is 0 Å². The molecule has 1 unspecified atom stereocenters. The van der Waals surface area contributed by atoms with Crippen LogP contribution in [0.5, 0.6) is 0 Å². The van der Waals surface area contributed by atoms with Gasteiger partial charge in [-0.1, -0.05) is 38.3 Å². The lowest BCUT2D eigenvalue weighted by Crippen LogP contribution is -2.16. The third kappa shape index (κ3) is 5.37. The number of halogens is 1. The molecule has 1 N–H and O–H groups in total. The van der Waals surface area contributed by atoms with E-state index in [2.05, 4.69) is 37.1 Å². The largest absolute Gasteiger partial charge is 0.368 e. The molecule has 0 aliphatic carbocycles. The highest BCUT2D eigenvalue weighted by molar-refractivity contribution is 6.29. The summed E-state index contributed by atoms with van der Waals surface area (Å²) >= 11 is 5.86. The summed E-state index contributed by atoms with van der Waals surface area (Å²) in [6.07, 6.45) is 3.52. The Kier molecular flexibility index (Phi) is 5.94. The van der Waals surface area contributed by atoms with Crippen molar-refractivity contribution in [3.8, 4) is 6.07 Å². The van der Waals surface area contributed by atoms with Gasteiger partial charge in [0.2, 0.25) is 0 Å². The number of nitrogens with one attached hydrogen (secondary N) is 1. The van der Waals surface area contributed by atoms with Gasteiger partial charge >= 0.3 is 0 Å². The van der Waals surface area contributed by atoms with Gasteiger partial charge in [-0.2, -0.15) is 5.26 Å². The third-order valence-corrected chi connectivity index (χ3v) is 2.93. The van der Waals surface area contributed by atoms with Crippen LogP contribution in [0.15, 0.2) is 12.1 Å². The summed E-state index contributed by atoms with van der Waals surface area (Å²) in [6.45, 7) is 6.58. The summed E-state index contributed by atoms with van der Waals surface area (Å²) in [5.74, 6) is 1.42. The fraction of sp³-hybridized carbons (Fsp3) is 0.571. The van der Waals surface area contributed by atoms with Crippen molar-refractivity contribution in [1.29, 1.82) is 5.26 Å². The minimum Gasteiger partial charge on any atom is -0.368 e. The van der Waals surface area contributed by atoms with E-state index < -0.39 is 0 Å². The molecule has 3 nitrogen and oxygen atoms in total. The maximum absolute atomic E-state index is 8.86. The molecule has 0 radical (unpaired) electrons. The predicted molar refractivity (Wildman–Crippen MR) is 75.7 cm³/mol. The van der Waals surface area contributed by atoms with Crippen LogP contribution in [0.1, 0.15) is 45.6 Å². The van der Waals surface area contributed by atoms with Crippen molar-refractivity contribution < 1.29 is 0 Å². The van der Waals surface area contributed by atoms with Crippen LogP contribution >= 0.6 is 11.6 Å². The number of rotatable bonds is 6. The van der Waals surface area contributed by atoms with Crippen molar-refractivity contribution in [1.82, 2.24) is 4.98 Å². The van der Waals surface area contributed by atoms with Crippen LogP contribution in [0.4, 0.5) is 5.82 Å². The summed E-state index contributed by atoms with van der Waals surface area (Å²) in [6, 6.07) is 5.70. The highest BCUT2D eigenvalue weighted by Crippen LogP contribution is 2.16. The Bertz CT molecular complexity index is 424. The second-order valence-electron chi connectivity index (χ2n) is 5.05. The van der Waals surface area contributed by atoms with Gasteiger partial charge in [0.25, 0.3) is 0 Å². The third-order valence-electron chi connectivity index (χ3n) is 2.74. The summed E-state index contributed by atoms with van der Waals surface area (Å²) in [5.41, 5.74) is 0.534. The molecule has 0 spiro atoms. The molecule has 1 aromatic heterocycles. The van der Waals surface area contributed by atoms with E-state index in [0.29, 0.717) is 22.6 Å². The first-order valence-corrected chi connectivity index (χ1v) is 6.73. The average Bonchev–Trinajstić information content (AvgIpc) is 2.27. The van der Waals surface area contributed by atoms with Gasteiger partial charge in [-0.3, -0.25) is 0 Å². The summed E-state index contributed by atoms with van der Waals surface area (Å²) < 4.78 is 0. The van der Waals surface area contributed by atoms with Crippen LogP contribution in [0.3, 0.4) is 0 Å². The monoisotopic (exact) mass is 265 g/mol. The molecule has 0 aromatic carbocycles. The minimum absolute atomic E-state index is 0.334. The summed E-state index contributed by atoms with van der Waals surface area (Å²) in [7, 11) is 0. The molecule has 0 aliphatic rings. The molecule has 0 aliphatic heterocycles. The quantitative estimate of drug-likeness (QED) is 0.783. The Hall–Kier alpha value is -1.27. The maximum Gasteiger partial charge on any atom is 0.132 e. The van der Waals surface area contributed by atoms with E-state index in [4.69, 9.17) is 16.9 Å². The lowest BCUT2D eigenvalue weighted by Gasteiger charge is -2.15. The second-order valence-corrected chi connectivity index (χ2v) is 5.43. The number of nitrogens with zero attached hydrogens (tertiary/aromatic N) is 2. The number of hydrogen-bond donors (Lipinski definition) is 1. The number of pyridine rings is 1. The topological polar surface area (TPSA) is 48.7 Å². The first-order chi connectivity index (χ1) is 8.51. The number of anilines is 1. The first-order valence-electron chi connectivity index (χ1n) is 6.35. The van der Waals surface area contributed by atoms with Gasteiger partial charge in [-0.15, -0.1) is 0 Å². The standard InChI is InChI=1S/C14H20ClN3/c1-10(2)5-4-6-11(3)17-14-8-12(9-16)7-13(15)18-14/h7-8,10-11H,4-6H2,1-3H3,(H,17,18). The smallest absolute Gasteiger partial charge is 0.132 e. The minimum atomic E-state index is 0.334. The zero-order chi connectivity index (χ0) is 13.5. The van der Waals surface area contributed by atoms with Crippen LogP contribution < -0.4 is 5.32 Å². The van der Waals surface area contributed by atoms with Crippen LogP contribution in [-0.4, -0.2) is 11.0 Å². The summed E-state index contributed by atoms with van der Waals surface area (Å²) in [4.78, 5) is 4.17. The molecule has 18 heavy (non-hydrogen) atoms. The number of aromatic nitrogens is 1. The highest BCUT2D eigenvalue weighted by atomic mass is 35.5. The van der Waals surface area contributed by atoms with Crippen molar-refractivity contribution in [3.05, 3.63) is 22.8 Å². The average molecular weight is 266 g/mol. The van der Waals surface area contributed by atoms with E-state index in [1.807, 2.05) is 0 Å². The Morgan fingerprint density at radius 1 is 1.33 bits per heavy atom. The van der Waals surface area contributed by atoms with Crippen LogP contribution in [0.25, 0.3) is 0 Å². The van der Waals surface area contributed by atoms with Crippen LogP contribution in [0.2, 0.25) is 5.15 Å². The molecule has 0 saturated carbocycles. The first kappa shape index (κ1) is 14.8. The molecule has 98 valence electrons. The van der Waals surface area contributed by atoms with Gasteiger partial charge in [0.05, 0.1) is 11.6 Å². The molecule has 1 aromatic rings. The maximum atomic E-state index is 8.86. The Morgan fingerprint density at radius 2 is 2.06 bits per heavy atom. The van der Waals surface area contributed by atoms with E-state index in [1.165, 1.54) is 12.8 Å². The van der Waals surface area contributed by atoms with E-state index in [-0.39, 0.29) is 0 Å². The normalized spacial score (nSPS) is 12.2. The molecule has 0 amide bonds. The van der Waals surface area contributed by atoms with Crippen molar-refractivity contribution >= 4 is 17.4 Å². The Labute approximate surface area is 114 Å². The van der Waals surface area contributed by atoms with Gasteiger partial charge in [0, 0.05) is 6.04 Å². The molecule has 0 saturated heterocycles. The van der Waals surface area contributed by atoms with Crippen molar-refractivity contribution in [3.63, 3.8) is 0 Å². The van der Waals surface area contributed by atoms with Crippen LogP contribution in [-0.2, 0) is 0 Å². The predicted octanol–water partition coefficient (Wildman–Crippen LogP) is 4.23. The SMILES string of the molecule is CC(C)CCCC(C)Nc1cc(C#N)cc(Cl)n1. The molecule has 0 bridgehead atoms. The Balaban J connectivity index is 2.51. The van der Waals surface area contributed by atoms with E-state index in [0.717, 1.165) is 12.3 Å². The number of nitriles is 1. The molecular weight excluding hydrogens is 246 g/mol. The molecule has 1 heterocycles. The highest BCUT2D eigenvalue weighted by Gasteiger charge is 2.06. The van der Waals surface area contributed by atoms with Crippen molar-refractivity contribution in [2.75, 3.05) is 5.32 Å². The lowest BCUT2D eigenvalue weighted by molar-refractivity contribution is 0.520. The molecule has 1 atom stereocenters. The lowest BCUT2D eigenvalue weighted by atomic mass is 10.0. The van der Waals surface area contributed by atoms with Crippen LogP contribution in [0, 0.1) is 17.2 Å². The van der Waals surface area contributed by atoms with Gasteiger partial charge in [-0.05, 0) is 31.4 Å². The molecule has 1 rings (SSSR count). The zero-order valence-electron chi connectivity index (χ0n) is 11.2. The molecule has 0 fully saturated rings. The molecule has 4 heteroatoms. The van der Waals surface area contributed by atoms with Crippen molar-refractivity contribution in [2.24, 2.45) is 5.92 Å². The van der Waals surface area contributed by atoms with E-state index in [9.17, 15) is 0 Å². The fourth-order valence-electron chi connectivity index (χ4n) is 1.79. The van der Waals surface area contributed by atoms with Gasteiger partial charge in [0.1, 0.15) is 11.0 Å². The number of hydrogen-bond acceptors (Lipinski definition) is 3. The zero-order valence-corrected chi connectivity index (χ0v) is 12.0. The van der Waals surface area contributed by atoms with E-state index >= 15 is 0 Å².